The highest BCUT2D eigenvalue weighted by molar-refractivity contribution is 5.71. The lowest BCUT2D eigenvalue weighted by Crippen LogP contribution is -2.16. The lowest BCUT2D eigenvalue weighted by Gasteiger charge is -2.11. The Kier molecular flexibility index (Phi) is 8.20. The van der Waals surface area contributed by atoms with Gasteiger partial charge in [-0.05, 0) is 50.3 Å². The lowest BCUT2D eigenvalue weighted by atomic mass is 10.1. The number of nitrogens with one attached hydrogen (secondary N) is 1. The van der Waals surface area contributed by atoms with Crippen LogP contribution < -0.4 is 10.1 Å². The van der Waals surface area contributed by atoms with Gasteiger partial charge in [-0.15, -0.1) is 0 Å². The zero-order valence-corrected chi connectivity index (χ0v) is 16.1. The fourth-order valence-corrected chi connectivity index (χ4v) is 2.60. The molecule has 8 heteroatoms. The van der Waals surface area contributed by atoms with Crippen LogP contribution in [-0.4, -0.2) is 35.6 Å². The third kappa shape index (κ3) is 6.86. The van der Waals surface area contributed by atoms with Gasteiger partial charge >= 0.3 is 5.97 Å². The summed E-state index contributed by atoms with van der Waals surface area (Å²) in [5, 5.41) is 13.7. The SMILES string of the molecule is Cc1cccc(C)c1OCC(=O)OCCCCCNc1ccc([N+](=O)[O-])cn1. The number of para-hydroxylation sites is 1. The van der Waals surface area contributed by atoms with Crippen molar-refractivity contribution in [1.82, 2.24) is 4.98 Å². The summed E-state index contributed by atoms with van der Waals surface area (Å²) >= 11 is 0. The summed E-state index contributed by atoms with van der Waals surface area (Å²) in [6.07, 6.45) is 3.73. The summed E-state index contributed by atoms with van der Waals surface area (Å²) in [7, 11) is 0. The van der Waals surface area contributed by atoms with E-state index in [1.807, 2.05) is 32.0 Å². The second kappa shape index (κ2) is 10.9. The summed E-state index contributed by atoms with van der Waals surface area (Å²) in [5.41, 5.74) is 1.94. The number of hydrogen-bond donors (Lipinski definition) is 1. The zero-order chi connectivity index (χ0) is 20.4. The molecule has 0 aliphatic rings. The predicted molar refractivity (Wildman–Crippen MR) is 106 cm³/mol. The predicted octanol–water partition coefficient (Wildman–Crippen LogP) is 3.81. The number of aryl methyl sites for hydroxylation is 2. The standard InChI is InChI=1S/C20H25N3O5/c1-15-7-6-8-16(2)20(15)28-14-19(24)27-12-5-3-4-11-21-18-10-9-17(13-22-18)23(25)26/h6-10,13H,3-5,11-12,14H2,1-2H3,(H,21,22). The maximum absolute atomic E-state index is 11.8. The molecule has 0 amide bonds. The van der Waals surface area contributed by atoms with Crippen LogP contribution in [0.5, 0.6) is 5.75 Å². The molecule has 1 N–H and O–H groups in total. The molecule has 1 heterocycles. The minimum Gasteiger partial charge on any atom is -0.481 e. The third-order valence-corrected chi connectivity index (χ3v) is 4.09. The van der Waals surface area contributed by atoms with Crippen molar-refractivity contribution in [2.75, 3.05) is 25.1 Å². The van der Waals surface area contributed by atoms with E-state index in [4.69, 9.17) is 9.47 Å². The molecule has 0 bridgehead atoms. The monoisotopic (exact) mass is 387 g/mol. The van der Waals surface area contributed by atoms with Gasteiger partial charge in [0, 0.05) is 12.6 Å². The van der Waals surface area contributed by atoms with Crippen LogP contribution in [0.3, 0.4) is 0 Å². The Labute approximate surface area is 164 Å². The van der Waals surface area contributed by atoms with Crippen molar-refractivity contribution < 1.29 is 19.2 Å². The zero-order valence-electron chi connectivity index (χ0n) is 16.1. The van der Waals surface area contributed by atoms with E-state index in [-0.39, 0.29) is 18.3 Å². The highest BCUT2D eigenvalue weighted by atomic mass is 16.6. The number of esters is 1. The second-order valence-electron chi connectivity index (χ2n) is 6.38. The van der Waals surface area contributed by atoms with Gasteiger partial charge in [0.25, 0.3) is 5.69 Å². The molecule has 0 radical (unpaired) electrons. The first-order valence-electron chi connectivity index (χ1n) is 9.16. The molecule has 0 aliphatic carbocycles. The number of rotatable bonds is 11. The average molecular weight is 387 g/mol. The Morgan fingerprint density at radius 2 is 1.89 bits per heavy atom. The quantitative estimate of drug-likeness (QED) is 0.271. The van der Waals surface area contributed by atoms with E-state index in [0.29, 0.717) is 19.0 Å². The maximum atomic E-state index is 11.8. The van der Waals surface area contributed by atoms with E-state index in [1.54, 1.807) is 6.07 Å². The molecule has 0 unspecified atom stereocenters. The molecule has 0 saturated heterocycles. The Hall–Kier alpha value is -3.16. The van der Waals surface area contributed by atoms with Gasteiger partial charge in [-0.2, -0.15) is 0 Å². The van der Waals surface area contributed by atoms with Gasteiger partial charge in [0.1, 0.15) is 17.8 Å². The summed E-state index contributed by atoms with van der Waals surface area (Å²) in [6.45, 7) is 4.82. The molecule has 1 aromatic heterocycles. The number of anilines is 1. The van der Waals surface area contributed by atoms with Crippen molar-refractivity contribution in [2.24, 2.45) is 0 Å². The highest BCUT2D eigenvalue weighted by Crippen LogP contribution is 2.22. The summed E-state index contributed by atoms with van der Waals surface area (Å²) in [4.78, 5) is 25.8. The molecular weight excluding hydrogens is 362 g/mol. The van der Waals surface area contributed by atoms with Crippen molar-refractivity contribution in [3.8, 4) is 5.75 Å². The number of benzene rings is 1. The molecule has 0 fully saturated rings. The van der Waals surface area contributed by atoms with Crippen molar-refractivity contribution in [2.45, 2.75) is 33.1 Å². The average Bonchev–Trinajstić information content (AvgIpc) is 2.67. The Morgan fingerprint density at radius 1 is 1.14 bits per heavy atom. The summed E-state index contributed by atoms with van der Waals surface area (Å²) in [5.74, 6) is 0.946. The maximum Gasteiger partial charge on any atom is 0.344 e. The first-order valence-corrected chi connectivity index (χ1v) is 9.16. The normalized spacial score (nSPS) is 10.4. The van der Waals surface area contributed by atoms with E-state index < -0.39 is 4.92 Å². The molecule has 2 aromatic rings. The van der Waals surface area contributed by atoms with Gasteiger partial charge in [0.05, 0.1) is 11.5 Å². The van der Waals surface area contributed by atoms with Crippen LogP contribution in [0.1, 0.15) is 30.4 Å². The van der Waals surface area contributed by atoms with Crippen molar-refractivity contribution in [3.63, 3.8) is 0 Å². The fraction of sp³-hybridized carbons (Fsp3) is 0.400. The number of carbonyl (C=O) groups is 1. The van der Waals surface area contributed by atoms with Crippen molar-refractivity contribution in [3.05, 3.63) is 57.8 Å². The van der Waals surface area contributed by atoms with Gasteiger partial charge in [0.2, 0.25) is 0 Å². The van der Waals surface area contributed by atoms with E-state index >= 15 is 0 Å². The number of ether oxygens (including phenoxy) is 2. The van der Waals surface area contributed by atoms with Crippen LogP contribution in [0.2, 0.25) is 0 Å². The second-order valence-corrected chi connectivity index (χ2v) is 6.38. The molecule has 2 rings (SSSR count). The third-order valence-electron chi connectivity index (χ3n) is 4.09. The van der Waals surface area contributed by atoms with Gasteiger partial charge in [-0.1, -0.05) is 18.2 Å². The molecule has 1 aromatic carbocycles. The molecule has 150 valence electrons. The molecule has 0 aliphatic heterocycles. The van der Waals surface area contributed by atoms with Crippen LogP contribution in [0, 0.1) is 24.0 Å². The van der Waals surface area contributed by atoms with Crippen molar-refractivity contribution in [1.29, 1.82) is 0 Å². The van der Waals surface area contributed by atoms with Gasteiger partial charge in [-0.25, -0.2) is 9.78 Å². The summed E-state index contributed by atoms with van der Waals surface area (Å²) in [6, 6.07) is 8.82. The molecular formula is C20H25N3O5. The first kappa shape index (κ1) is 21.1. The van der Waals surface area contributed by atoms with E-state index in [0.717, 1.165) is 36.1 Å². The highest BCUT2D eigenvalue weighted by Gasteiger charge is 2.08. The molecule has 8 nitrogen and oxygen atoms in total. The number of aromatic nitrogens is 1. The van der Waals surface area contributed by atoms with E-state index in [1.165, 1.54) is 12.3 Å². The topological polar surface area (TPSA) is 104 Å². The molecule has 0 saturated carbocycles. The Balaban J connectivity index is 1.54. The number of carbonyl (C=O) groups excluding carboxylic acids is 1. The molecule has 28 heavy (non-hydrogen) atoms. The number of pyridine rings is 1. The number of nitro groups is 1. The van der Waals surface area contributed by atoms with Crippen LogP contribution in [0.25, 0.3) is 0 Å². The number of unbranched alkanes of at least 4 members (excludes halogenated alkanes) is 2. The van der Waals surface area contributed by atoms with Gasteiger partial charge in [-0.3, -0.25) is 10.1 Å². The van der Waals surface area contributed by atoms with Gasteiger partial charge < -0.3 is 14.8 Å². The Bertz CT molecular complexity index is 773. The minimum absolute atomic E-state index is 0.0334. The van der Waals surface area contributed by atoms with Crippen LogP contribution >= 0.6 is 0 Å². The fourth-order valence-electron chi connectivity index (χ4n) is 2.60. The number of nitrogens with zero attached hydrogens (tertiary/aromatic N) is 2. The molecule has 0 atom stereocenters. The smallest absolute Gasteiger partial charge is 0.344 e. The molecule has 0 spiro atoms. The van der Waals surface area contributed by atoms with Crippen molar-refractivity contribution >= 4 is 17.5 Å². The lowest BCUT2D eigenvalue weighted by molar-refractivity contribution is -0.385. The van der Waals surface area contributed by atoms with E-state index in [2.05, 4.69) is 10.3 Å². The summed E-state index contributed by atoms with van der Waals surface area (Å²) < 4.78 is 10.7. The largest absolute Gasteiger partial charge is 0.481 e. The van der Waals surface area contributed by atoms with Crippen LogP contribution in [0.15, 0.2) is 36.5 Å². The van der Waals surface area contributed by atoms with E-state index in [9.17, 15) is 14.9 Å². The van der Waals surface area contributed by atoms with Gasteiger partial charge in [0.15, 0.2) is 6.61 Å². The number of hydrogen-bond acceptors (Lipinski definition) is 7. The minimum atomic E-state index is -0.481. The van der Waals surface area contributed by atoms with Crippen LogP contribution in [0.4, 0.5) is 11.5 Å². The van der Waals surface area contributed by atoms with Crippen LogP contribution in [-0.2, 0) is 9.53 Å². The first-order chi connectivity index (χ1) is 13.5. The Morgan fingerprint density at radius 3 is 2.54 bits per heavy atom.